The van der Waals surface area contributed by atoms with Crippen molar-refractivity contribution in [3.8, 4) is 11.8 Å². The second-order valence-electron chi connectivity index (χ2n) is 6.15. The molecular formula is C19H21N3O. The van der Waals surface area contributed by atoms with Crippen LogP contribution in [0.3, 0.4) is 0 Å². The van der Waals surface area contributed by atoms with Crippen LogP contribution in [0.1, 0.15) is 36.1 Å². The second kappa shape index (κ2) is 6.29. The molecule has 0 spiro atoms. The van der Waals surface area contributed by atoms with E-state index in [4.69, 9.17) is 4.74 Å². The van der Waals surface area contributed by atoms with Gasteiger partial charge in [-0.15, -0.1) is 0 Å². The zero-order valence-electron chi connectivity index (χ0n) is 13.6. The van der Waals surface area contributed by atoms with Gasteiger partial charge in [0.05, 0.1) is 12.7 Å². The second-order valence-corrected chi connectivity index (χ2v) is 6.15. The molecule has 4 heteroatoms. The standard InChI is InChI=1S/C19H21N3O/c1-14-8-9-15(12-20)18(22-14)21-13-19(10-5-11-19)16-6-3-4-7-17(16)23-2/h3-4,6-9H,5,10-11,13H2,1-2H3,(H,21,22). The van der Waals surface area contributed by atoms with Crippen LogP contribution in [-0.2, 0) is 5.41 Å². The largest absolute Gasteiger partial charge is 0.496 e. The van der Waals surface area contributed by atoms with E-state index in [1.807, 2.05) is 31.2 Å². The van der Waals surface area contributed by atoms with Gasteiger partial charge in [-0.25, -0.2) is 4.98 Å². The number of nitriles is 1. The number of benzene rings is 1. The van der Waals surface area contributed by atoms with E-state index in [0.29, 0.717) is 11.4 Å². The molecule has 1 aliphatic rings. The molecule has 1 aliphatic carbocycles. The molecule has 0 amide bonds. The van der Waals surface area contributed by atoms with Crippen LogP contribution in [0.2, 0.25) is 0 Å². The lowest BCUT2D eigenvalue weighted by Gasteiger charge is -2.43. The van der Waals surface area contributed by atoms with Gasteiger partial charge in [0, 0.05) is 23.2 Å². The topological polar surface area (TPSA) is 57.9 Å². The van der Waals surface area contributed by atoms with Crippen LogP contribution < -0.4 is 10.1 Å². The van der Waals surface area contributed by atoms with Gasteiger partial charge in [0.25, 0.3) is 0 Å². The third-order valence-corrected chi connectivity index (χ3v) is 4.74. The van der Waals surface area contributed by atoms with Gasteiger partial charge in [0.15, 0.2) is 0 Å². The van der Waals surface area contributed by atoms with E-state index in [1.54, 1.807) is 7.11 Å². The molecule has 1 fully saturated rings. The Morgan fingerprint density at radius 3 is 2.70 bits per heavy atom. The normalized spacial score (nSPS) is 15.3. The van der Waals surface area contributed by atoms with Crippen LogP contribution in [0, 0.1) is 18.3 Å². The van der Waals surface area contributed by atoms with Crippen molar-refractivity contribution in [2.24, 2.45) is 0 Å². The first-order valence-electron chi connectivity index (χ1n) is 7.94. The Morgan fingerprint density at radius 1 is 1.26 bits per heavy atom. The van der Waals surface area contributed by atoms with E-state index in [-0.39, 0.29) is 5.41 Å². The molecule has 0 saturated heterocycles. The van der Waals surface area contributed by atoms with Gasteiger partial charge in [-0.3, -0.25) is 0 Å². The molecule has 0 aliphatic heterocycles. The zero-order chi connectivity index (χ0) is 16.3. The predicted octanol–water partition coefficient (Wildman–Crippen LogP) is 3.80. The minimum absolute atomic E-state index is 0.0603. The molecular weight excluding hydrogens is 286 g/mol. The maximum Gasteiger partial charge on any atom is 0.144 e. The van der Waals surface area contributed by atoms with E-state index < -0.39 is 0 Å². The molecule has 0 bridgehead atoms. The van der Waals surface area contributed by atoms with E-state index in [1.165, 1.54) is 12.0 Å². The van der Waals surface area contributed by atoms with Gasteiger partial charge in [0.2, 0.25) is 0 Å². The highest BCUT2D eigenvalue weighted by Crippen LogP contribution is 2.47. The smallest absolute Gasteiger partial charge is 0.144 e. The summed E-state index contributed by atoms with van der Waals surface area (Å²) in [5, 5.41) is 12.7. The summed E-state index contributed by atoms with van der Waals surface area (Å²) in [5.41, 5.74) is 2.80. The molecule has 1 heterocycles. The average molecular weight is 307 g/mol. The predicted molar refractivity (Wildman–Crippen MR) is 90.7 cm³/mol. The highest BCUT2D eigenvalue weighted by atomic mass is 16.5. The quantitative estimate of drug-likeness (QED) is 0.912. The van der Waals surface area contributed by atoms with Crippen molar-refractivity contribution in [1.82, 2.24) is 4.98 Å². The Hall–Kier alpha value is -2.54. The first-order chi connectivity index (χ1) is 11.2. The Balaban J connectivity index is 1.86. The Bertz CT molecular complexity index is 745. The molecule has 0 atom stereocenters. The molecule has 2 aromatic rings. The van der Waals surface area contributed by atoms with Crippen molar-refractivity contribution in [1.29, 1.82) is 5.26 Å². The summed E-state index contributed by atoms with van der Waals surface area (Å²) in [5.74, 6) is 1.61. The number of para-hydroxylation sites is 1. The van der Waals surface area contributed by atoms with Crippen molar-refractivity contribution in [2.75, 3.05) is 19.0 Å². The molecule has 1 aromatic carbocycles. The minimum Gasteiger partial charge on any atom is -0.496 e. The summed E-state index contributed by atoms with van der Waals surface area (Å²) in [6, 6.07) is 14.1. The van der Waals surface area contributed by atoms with E-state index in [2.05, 4.69) is 28.5 Å². The monoisotopic (exact) mass is 307 g/mol. The molecule has 23 heavy (non-hydrogen) atoms. The first kappa shape index (κ1) is 15.4. The summed E-state index contributed by atoms with van der Waals surface area (Å²) in [6.45, 7) is 2.70. The molecule has 0 unspecified atom stereocenters. The van der Waals surface area contributed by atoms with Crippen LogP contribution in [0.5, 0.6) is 5.75 Å². The van der Waals surface area contributed by atoms with Gasteiger partial charge in [0.1, 0.15) is 17.6 Å². The van der Waals surface area contributed by atoms with E-state index in [0.717, 1.165) is 30.8 Å². The van der Waals surface area contributed by atoms with Gasteiger partial charge in [-0.2, -0.15) is 5.26 Å². The fraction of sp³-hybridized carbons (Fsp3) is 0.368. The lowest BCUT2D eigenvalue weighted by Crippen LogP contribution is -2.41. The number of hydrogen-bond acceptors (Lipinski definition) is 4. The lowest BCUT2D eigenvalue weighted by molar-refractivity contribution is 0.250. The van der Waals surface area contributed by atoms with Crippen LogP contribution in [0.25, 0.3) is 0 Å². The summed E-state index contributed by atoms with van der Waals surface area (Å²) < 4.78 is 5.55. The van der Waals surface area contributed by atoms with Gasteiger partial charge >= 0.3 is 0 Å². The number of aryl methyl sites for hydroxylation is 1. The Labute approximate surface area is 137 Å². The average Bonchev–Trinajstić information content (AvgIpc) is 2.54. The van der Waals surface area contributed by atoms with Crippen molar-refractivity contribution < 1.29 is 4.74 Å². The number of rotatable bonds is 5. The highest BCUT2D eigenvalue weighted by Gasteiger charge is 2.40. The van der Waals surface area contributed by atoms with Crippen LogP contribution >= 0.6 is 0 Å². The third kappa shape index (κ3) is 2.87. The maximum absolute atomic E-state index is 9.26. The van der Waals surface area contributed by atoms with Crippen molar-refractivity contribution in [3.05, 3.63) is 53.2 Å². The Morgan fingerprint density at radius 2 is 2.04 bits per heavy atom. The fourth-order valence-electron chi connectivity index (χ4n) is 3.26. The van der Waals surface area contributed by atoms with Crippen LogP contribution in [-0.4, -0.2) is 18.6 Å². The van der Waals surface area contributed by atoms with Gasteiger partial charge in [-0.1, -0.05) is 24.6 Å². The summed E-state index contributed by atoms with van der Waals surface area (Å²) in [6.07, 6.45) is 3.45. The number of nitrogens with zero attached hydrogens (tertiary/aromatic N) is 2. The Kier molecular flexibility index (Phi) is 4.20. The van der Waals surface area contributed by atoms with E-state index in [9.17, 15) is 5.26 Å². The van der Waals surface area contributed by atoms with E-state index >= 15 is 0 Å². The maximum atomic E-state index is 9.26. The molecule has 1 N–H and O–H groups in total. The number of ether oxygens (including phenoxy) is 1. The van der Waals surface area contributed by atoms with Crippen molar-refractivity contribution >= 4 is 5.82 Å². The molecule has 3 rings (SSSR count). The summed E-state index contributed by atoms with van der Waals surface area (Å²) >= 11 is 0. The number of methoxy groups -OCH3 is 1. The molecule has 1 aromatic heterocycles. The SMILES string of the molecule is COc1ccccc1C1(CNc2nc(C)ccc2C#N)CCC1. The van der Waals surface area contributed by atoms with Crippen LogP contribution in [0.15, 0.2) is 36.4 Å². The van der Waals surface area contributed by atoms with Crippen LogP contribution in [0.4, 0.5) is 5.82 Å². The fourth-order valence-corrected chi connectivity index (χ4v) is 3.26. The minimum atomic E-state index is 0.0603. The third-order valence-electron chi connectivity index (χ3n) is 4.74. The lowest BCUT2D eigenvalue weighted by atomic mass is 9.64. The first-order valence-corrected chi connectivity index (χ1v) is 7.94. The zero-order valence-corrected chi connectivity index (χ0v) is 13.6. The van der Waals surface area contributed by atoms with Crippen molar-refractivity contribution in [3.63, 3.8) is 0 Å². The number of nitrogens with one attached hydrogen (secondary N) is 1. The number of aromatic nitrogens is 1. The summed E-state index contributed by atoms with van der Waals surface area (Å²) in [7, 11) is 1.72. The van der Waals surface area contributed by atoms with Gasteiger partial charge in [-0.05, 0) is 38.0 Å². The van der Waals surface area contributed by atoms with Crippen molar-refractivity contribution in [2.45, 2.75) is 31.6 Å². The molecule has 1 saturated carbocycles. The highest BCUT2D eigenvalue weighted by molar-refractivity contribution is 5.53. The summed E-state index contributed by atoms with van der Waals surface area (Å²) in [4.78, 5) is 4.48. The number of anilines is 1. The van der Waals surface area contributed by atoms with Gasteiger partial charge < -0.3 is 10.1 Å². The molecule has 0 radical (unpaired) electrons. The number of hydrogen-bond donors (Lipinski definition) is 1. The number of pyridine rings is 1. The molecule has 118 valence electrons. The molecule has 4 nitrogen and oxygen atoms in total.